The number of aromatic amines is 1. The zero-order chi connectivity index (χ0) is 22.9. The highest BCUT2D eigenvalue weighted by atomic mass is 19.3. The zero-order valence-electron chi connectivity index (χ0n) is 18.2. The van der Waals surface area contributed by atoms with Crippen LogP contribution in [-0.2, 0) is 0 Å². The summed E-state index contributed by atoms with van der Waals surface area (Å²) in [4.78, 5) is 18.9. The number of hydrogen-bond donors (Lipinski definition) is 1. The van der Waals surface area contributed by atoms with Gasteiger partial charge in [-0.3, -0.25) is 4.79 Å². The SMILES string of the molecule is COc1ccc(-c2c(C)[nH]c3c(N4CC5C(C4)C5(F)F)c(-c4ccccc4)nn3c2=O)cc1. The van der Waals surface area contributed by atoms with Crippen LogP contribution in [0.5, 0.6) is 5.75 Å². The lowest BCUT2D eigenvalue weighted by molar-refractivity contribution is 0.0798. The van der Waals surface area contributed by atoms with Crippen molar-refractivity contribution in [2.75, 3.05) is 25.1 Å². The molecule has 1 saturated carbocycles. The normalized spacial score (nSPS) is 20.8. The van der Waals surface area contributed by atoms with Crippen molar-refractivity contribution >= 4 is 11.3 Å². The van der Waals surface area contributed by atoms with Crippen molar-refractivity contribution in [3.63, 3.8) is 0 Å². The Kier molecular flexibility index (Phi) is 4.18. The number of hydrogen-bond acceptors (Lipinski definition) is 4. The summed E-state index contributed by atoms with van der Waals surface area (Å²) >= 11 is 0. The van der Waals surface area contributed by atoms with Crippen LogP contribution < -0.4 is 15.2 Å². The number of methoxy groups -OCH3 is 1. The van der Waals surface area contributed by atoms with Gasteiger partial charge in [0.05, 0.1) is 24.5 Å². The first-order valence-electron chi connectivity index (χ1n) is 10.9. The van der Waals surface area contributed by atoms with E-state index < -0.39 is 17.8 Å². The fourth-order valence-electron chi connectivity index (χ4n) is 5.05. The Morgan fingerprint density at radius 1 is 1.03 bits per heavy atom. The van der Waals surface area contributed by atoms with Crippen molar-refractivity contribution in [1.82, 2.24) is 14.6 Å². The summed E-state index contributed by atoms with van der Waals surface area (Å²) in [6.45, 7) is 2.34. The minimum Gasteiger partial charge on any atom is -0.497 e. The molecule has 1 aliphatic carbocycles. The summed E-state index contributed by atoms with van der Waals surface area (Å²) < 4.78 is 34.4. The van der Waals surface area contributed by atoms with E-state index in [1.807, 2.05) is 54.3 Å². The Morgan fingerprint density at radius 3 is 2.33 bits per heavy atom. The van der Waals surface area contributed by atoms with Crippen molar-refractivity contribution in [3.8, 4) is 28.1 Å². The number of anilines is 1. The summed E-state index contributed by atoms with van der Waals surface area (Å²) in [5.74, 6) is -3.16. The van der Waals surface area contributed by atoms with E-state index in [0.717, 1.165) is 11.1 Å². The fourth-order valence-corrected chi connectivity index (χ4v) is 5.05. The van der Waals surface area contributed by atoms with Gasteiger partial charge in [-0.1, -0.05) is 42.5 Å². The molecule has 168 valence electrons. The number of benzene rings is 2. The average Bonchev–Trinajstić information content (AvgIpc) is 3.20. The minimum absolute atomic E-state index is 0.250. The predicted octanol–water partition coefficient (Wildman–Crippen LogP) is 4.37. The van der Waals surface area contributed by atoms with Gasteiger partial charge in [0.2, 0.25) is 0 Å². The number of nitrogens with zero attached hydrogens (tertiary/aromatic N) is 3. The van der Waals surface area contributed by atoms with Gasteiger partial charge >= 0.3 is 0 Å². The van der Waals surface area contributed by atoms with Gasteiger partial charge in [0.15, 0.2) is 5.65 Å². The van der Waals surface area contributed by atoms with Crippen molar-refractivity contribution in [2.45, 2.75) is 12.8 Å². The third kappa shape index (κ3) is 2.90. The van der Waals surface area contributed by atoms with Crippen molar-refractivity contribution in [2.24, 2.45) is 11.8 Å². The summed E-state index contributed by atoms with van der Waals surface area (Å²) in [5, 5.41) is 4.68. The number of H-pyrrole nitrogens is 1. The highest BCUT2D eigenvalue weighted by molar-refractivity contribution is 5.87. The lowest BCUT2D eigenvalue weighted by Gasteiger charge is -2.22. The van der Waals surface area contributed by atoms with E-state index in [1.54, 1.807) is 19.2 Å². The first-order valence-corrected chi connectivity index (χ1v) is 10.9. The van der Waals surface area contributed by atoms with Crippen LogP contribution in [0.25, 0.3) is 28.0 Å². The Hall–Kier alpha value is -3.68. The number of aromatic nitrogens is 3. The van der Waals surface area contributed by atoms with Gasteiger partial charge in [-0.05, 0) is 24.6 Å². The topological polar surface area (TPSA) is 62.6 Å². The average molecular weight is 448 g/mol. The number of ether oxygens (including phenoxy) is 1. The van der Waals surface area contributed by atoms with Crippen LogP contribution in [0.3, 0.4) is 0 Å². The summed E-state index contributed by atoms with van der Waals surface area (Å²) in [7, 11) is 1.59. The monoisotopic (exact) mass is 448 g/mol. The molecule has 1 aliphatic heterocycles. The second kappa shape index (κ2) is 6.91. The maximum Gasteiger partial charge on any atom is 0.282 e. The molecule has 33 heavy (non-hydrogen) atoms. The molecule has 2 atom stereocenters. The molecule has 0 amide bonds. The molecule has 2 aromatic carbocycles. The van der Waals surface area contributed by atoms with E-state index in [-0.39, 0.29) is 18.6 Å². The van der Waals surface area contributed by atoms with Crippen LogP contribution in [0.15, 0.2) is 59.4 Å². The third-order valence-corrected chi connectivity index (χ3v) is 6.89. The van der Waals surface area contributed by atoms with Crippen LogP contribution in [0.1, 0.15) is 5.69 Å². The Morgan fingerprint density at radius 2 is 1.70 bits per heavy atom. The lowest BCUT2D eigenvalue weighted by Crippen LogP contribution is -2.28. The molecular formula is C25H22F2N4O2. The summed E-state index contributed by atoms with van der Waals surface area (Å²) in [6, 6.07) is 16.8. The smallest absolute Gasteiger partial charge is 0.282 e. The molecule has 2 aromatic heterocycles. The molecule has 4 aromatic rings. The van der Waals surface area contributed by atoms with Gasteiger partial charge in [-0.15, -0.1) is 0 Å². The molecule has 6 nitrogen and oxygen atoms in total. The van der Waals surface area contributed by atoms with E-state index in [4.69, 9.17) is 4.74 Å². The fraction of sp³-hybridized carbons (Fsp3) is 0.280. The first-order chi connectivity index (χ1) is 15.9. The van der Waals surface area contributed by atoms with Gasteiger partial charge in [0, 0.05) is 24.3 Å². The van der Waals surface area contributed by atoms with E-state index in [2.05, 4.69) is 10.1 Å². The Labute approximate surface area is 188 Å². The Balaban J connectivity index is 1.55. The molecule has 3 heterocycles. The maximum absolute atomic E-state index is 13.9. The zero-order valence-corrected chi connectivity index (χ0v) is 18.2. The molecule has 6 rings (SSSR count). The number of nitrogens with one attached hydrogen (secondary N) is 1. The van der Waals surface area contributed by atoms with Gasteiger partial charge in [0.1, 0.15) is 17.1 Å². The molecule has 0 spiro atoms. The predicted molar refractivity (Wildman–Crippen MR) is 122 cm³/mol. The lowest BCUT2D eigenvalue weighted by atomic mass is 10.1. The van der Waals surface area contributed by atoms with Crippen molar-refractivity contribution in [3.05, 3.63) is 70.6 Å². The molecule has 1 N–H and O–H groups in total. The number of fused-ring (bicyclic) bond motifs is 2. The van der Waals surface area contributed by atoms with Crippen LogP contribution in [-0.4, -0.2) is 40.7 Å². The van der Waals surface area contributed by atoms with Gasteiger partial charge in [0.25, 0.3) is 11.5 Å². The van der Waals surface area contributed by atoms with Gasteiger partial charge in [-0.25, -0.2) is 8.78 Å². The largest absolute Gasteiger partial charge is 0.497 e. The van der Waals surface area contributed by atoms with Crippen LogP contribution >= 0.6 is 0 Å². The number of piperidine rings is 1. The molecule has 2 unspecified atom stereocenters. The van der Waals surface area contributed by atoms with Crippen molar-refractivity contribution in [1.29, 1.82) is 0 Å². The van der Waals surface area contributed by atoms with E-state index in [1.165, 1.54) is 4.52 Å². The molecule has 0 radical (unpaired) electrons. The quantitative estimate of drug-likeness (QED) is 0.504. The highest BCUT2D eigenvalue weighted by Crippen LogP contribution is 2.60. The number of aryl methyl sites for hydroxylation is 1. The highest BCUT2D eigenvalue weighted by Gasteiger charge is 2.72. The summed E-state index contributed by atoms with van der Waals surface area (Å²) in [6.07, 6.45) is 0. The minimum atomic E-state index is -2.59. The van der Waals surface area contributed by atoms with Gasteiger partial charge in [-0.2, -0.15) is 9.61 Å². The number of alkyl halides is 2. The third-order valence-electron chi connectivity index (χ3n) is 6.89. The van der Waals surface area contributed by atoms with Gasteiger partial charge < -0.3 is 14.6 Å². The number of rotatable bonds is 4. The Bertz CT molecular complexity index is 1410. The molecular weight excluding hydrogens is 426 g/mol. The van der Waals surface area contributed by atoms with Crippen LogP contribution in [0, 0.1) is 18.8 Å². The molecule has 0 bridgehead atoms. The van der Waals surface area contributed by atoms with E-state index >= 15 is 0 Å². The van der Waals surface area contributed by atoms with E-state index in [9.17, 15) is 13.6 Å². The molecule has 2 aliphatic rings. The van der Waals surface area contributed by atoms with Crippen LogP contribution in [0.2, 0.25) is 0 Å². The maximum atomic E-state index is 13.9. The molecule has 2 fully saturated rings. The first kappa shape index (κ1) is 20.0. The number of halogens is 2. The second-order valence-corrected chi connectivity index (χ2v) is 8.77. The standard InChI is InChI=1S/C25H22F2N4O2/c1-14-20(15-8-10-17(33-2)11-9-15)24(32)31-23(28-14)22(21(29-31)16-6-4-3-5-7-16)30-12-18-19(13-30)25(18,26)27/h3-11,18-19,28H,12-13H2,1-2H3. The van der Waals surface area contributed by atoms with E-state index in [0.29, 0.717) is 34.0 Å². The summed E-state index contributed by atoms with van der Waals surface area (Å²) in [5.41, 5.74) is 4.35. The second-order valence-electron chi connectivity index (χ2n) is 8.77. The molecule has 8 heteroatoms. The van der Waals surface area contributed by atoms with Crippen molar-refractivity contribution < 1.29 is 13.5 Å². The molecule has 1 saturated heterocycles. The van der Waals surface area contributed by atoms with Crippen LogP contribution in [0.4, 0.5) is 14.5 Å².